The first-order valence-corrected chi connectivity index (χ1v) is 17.4. The molecule has 0 aliphatic rings. The molecule has 4 rings (SSSR count). The largest absolute Gasteiger partial charge is 0.497 e. The Balaban J connectivity index is 1.26. The van der Waals surface area contributed by atoms with Gasteiger partial charge in [-0.25, -0.2) is 4.79 Å². The number of carbonyl (C=O) groups excluding carboxylic acids is 3. The van der Waals surface area contributed by atoms with E-state index in [1.807, 2.05) is 25.1 Å². The minimum absolute atomic E-state index is 0.0181. The predicted octanol–water partition coefficient (Wildman–Crippen LogP) is 7.99. The van der Waals surface area contributed by atoms with Crippen LogP contribution in [0.15, 0.2) is 59.1 Å². The van der Waals surface area contributed by atoms with Gasteiger partial charge in [0.2, 0.25) is 0 Å². The molecule has 0 atom stereocenters. The summed E-state index contributed by atoms with van der Waals surface area (Å²) in [7, 11) is 1.57. The van der Waals surface area contributed by atoms with Gasteiger partial charge in [-0.1, -0.05) is 25.4 Å². The van der Waals surface area contributed by atoms with E-state index in [2.05, 4.69) is 34.7 Å². The number of anilines is 1. The second-order valence-corrected chi connectivity index (χ2v) is 12.8. The first-order chi connectivity index (χ1) is 23.1. The number of unbranched alkanes of at least 4 members (excludes halogenated alkanes) is 3. The number of esters is 2. The number of methoxy groups -OCH3 is 1. The third-order valence-electron chi connectivity index (χ3n) is 8.43. The summed E-state index contributed by atoms with van der Waals surface area (Å²) in [6.07, 6.45) is 3.04. The maximum atomic E-state index is 13.5. The summed E-state index contributed by atoms with van der Waals surface area (Å²) in [5.41, 5.74) is 10.8. The van der Waals surface area contributed by atoms with Crippen molar-refractivity contribution in [2.24, 2.45) is 0 Å². The molecule has 0 aliphatic heterocycles. The molecule has 0 aliphatic carbocycles. The van der Waals surface area contributed by atoms with Crippen LogP contribution >= 0.6 is 27.5 Å². The van der Waals surface area contributed by atoms with Crippen LogP contribution in [0.5, 0.6) is 5.75 Å². The molecular formula is C37H43BrClN3O6. The van der Waals surface area contributed by atoms with Gasteiger partial charge in [0.05, 0.1) is 43.5 Å². The van der Waals surface area contributed by atoms with Gasteiger partial charge in [-0.05, 0) is 127 Å². The molecule has 0 fully saturated rings. The van der Waals surface area contributed by atoms with E-state index in [-0.39, 0.29) is 30.9 Å². The molecule has 11 heteroatoms. The van der Waals surface area contributed by atoms with Crippen LogP contribution < -0.4 is 10.5 Å². The number of carbonyl (C=O) groups is 3. The van der Waals surface area contributed by atoms with Crippen molar-refractivity contribution in [3.8, 4) is 5.75 Å². The summed E-state index contributed by atoms with van der Waals surface area (Å²) < 4.78 is 18.8. The Hall–Kier alpha value is -3.86. The van der Waals surface area contributed by atoms with Crippen molar-refractivity contribution >= 4 is 62.0 Å². The average molecular weight is 741 g/mol. The van der Waals surface area contributed by atoms with Gasteiger partial charge in [0.25, 0.3) is 5.91 Å². The molecule has 256 valence electrons. The van der Waals surface area contributed by atoms with Crippen LogP contribution in [0.25, 0.3) is 10.9 Å². The van der Waals surface area contributed by atoms with Gasteiger partial charge in [0, 0.05) is 32.7 Å². The summed E-state index contributed by atoms with van der Waals surface area (Å²) in [6, 6.07) is 15.7. The Labute approximate surface area is 295 Å². The third kappa shape index (κ3) is 9.18. The summed E-state index contributed by atoms with van der Waals surface area (Å²) in [6.45, 7) is 9.01. The summed E-state index contributed by atoms with van der Waals surface area (Å²) in [4.78, 5) is 41.4. The lowest BCUT2D eigenvalue weighted by Crippen LogP contribution is -2.23. The highest BCUT2D eigenvalue weighted by molar-refractivity contribution is 9.10. The molecule has 0 bridgehead atoms. The zero-order chi connectivity index (χ0) is 34.8. The second-order valence-electron chi connectivity index (χ2n) is 11.5. The van der Waals surface area contributed by atoms with Gasteiger partial charge in [-0.15, -0.1) is 0 Å². The Morgan fingerprint density at radius 3 is 2.21 bits per heavy atom. The maximum absolute atomic E-state index is 13.5. The van der Waals surface area contributed by atoms with E-state index in [1.54, 1.807) is 48.1 Å². The molecule has 3 aromatic carbocycles. The van der Waals surface area contributed by atoms with Crippen LogP contribution in [0.1, 0.15) is 77.1 Å². The lowest BCUT2D eigenvalue weighted by atomic mass is 10.1. The van der Waals surface area contributed by atoms with E-state index >= 15 is 0 Å². The smallest absolute Gasteiger partial charge is 0.338 e. The minimum Gasteiger partial charge on any atom is -0.497 e. The molecule has 0 saturated heterocycles. The van der Waals surface area contributed by atoms with Crippen molar-refractivity contribution in [3.63, 3.8) is 0 Å². The monoisotopic (exact) mass is 739 g/mol. The summed E-state index contributed by atoms with van der Waals surface area (Å²) in [5.74, 6) is -0.344. The van der Waals surface area contributed by atoms with E-state index in [9.17, 15) is 14.4 Å². The van der Waals surface area contributed by atoms with Gasteiger partial charge < -0.3 is 19.9 Å². The van der Waals surface area contributed by atoms with Gasteiger partial charge in [0.15, 0.2) is 0 Å². The lowest BCUT2D eigenvalue weighted by Gasteiger charge is -2.20. The van der Waals surface area contributed by atoms with Crippen LogP contribution in [0, 0.1) is 6.92 Å². The van der Waals surface area contributed by atoms with Gasteiger partial charge in [0.1, 0.15) is 5.75 Å². The van der Waals surface area contributed by atoms with Gasteiger partial charge in [-0.3, -0.25) is 19.1 Å². The number of fused-ring (bicyclic) bond motifs is 1. The Morgan fingerprint density at radius 2 is 1.56 bits per heavy atom. The van der Waals surface area contributed by atoms with E-state index in [0.29, 0.717) is 74.8 Å². The molecular weight excluding hydrogens is 698 g/mol. The first-order valence-electron chi connectivity index (χ1n) is 16.2. The van der Waals surface area contributed by atoms with Crippen molar-refractivity contribution in [2.45, 2.75) is 59.4 Å². The number of nitrogen functional groups attached to an aromatic ring is 1. The number of rotatable bonds is 16. The van der Waals surface area contributed by atoms with E-state index in [0.717, 1.165) is 36.9 Å². The minimum atomic E-state index is -0.380. The molecule has 0 radical (unpaired) electrons. The van der Waals surface area contributed by atoms with E-state index < -0.39 is 0 Å². The molecule has 2 N–H and O–H groups in total. The number of benzene rings is 3. The third-order valence-corrected chi connectivity index (χ3v) is 9.34. The summed E-state index contributed by atoms with van der Waals surface area (Å²) in [5, 5.41) is 1.30. The highest BCUT2D eigenvalue weighted by Gasteiger charge is 2.23. The van der Waals surface area contributed by atoms with E-state index in [1.165, 1.54) is 0 Å². The fourth-order valence-corrected chi connectivity index (χ4v) is 6.22. The molecule has 1 aromatic heterocycles. The topological polar surface area (TPSA) is 113 Å². The molecule has 0 unspecified atom stereocenters. The number of hydrogen-bond donors (Lipinski definition) is 1. The number of halogens is 2. The second kappa shape index (κ2) is 17.5. The highest BCUT2D eigenvalue weighted by atomic mass is 79.9. The average Bonchev–Trinajstić information content (AvgIpc) is 3.35. The van der Waals surface area contributed by atoms with Crippen LogP contribution in [0.3, 0.4) is 0 Å². The predicted molar refractivity (Wildman–Crippen MR) is 193 cm³/mol. The number of nitrogens with zero attached hydrogens (tertiary/aromatic N) is 2. The standard InChI is InChI=1S/C37H43BrClN3O6/c1-5-41(6-2)23-27-19-26(20-32(38)35(27)40)37(45)48-18-10-8-7-9-17-47-34(43)22-30-24(3)42(33-16-15-29(46-4)21-31(30)33)36(44)25-11-13-28(39)14-12-25/h11-16,19-21H,5-10,17-18,22-23,40H2,1-4H3. The molecule has 0 saturated carbocycles. The van der Waals surface area contributed by atoms with Crippen molar-refractivity contribution in [3.05, 3.63) is 92.0 Å². The lowest BCUT2D eigenvalue weighted by molar-refractivity contribution is -0.142. The van der Waals surface area contributed by atoms with Crippen molar-refractivity contribution in [2.75, 3.05) is 39.1 Å². The van der Waals surface area contributed by atoms with Crippen molar-refractivity contribution < 1.29 is 28.6 Å². The van der Waals surface area contributed by atoms with Crippen molar-refractivity contribution in [1.82, 2.24) is 9.47 Å². The SMILES string of the molecule is CCN(CC)Cc1cc(C(=O)OCCCCCCOC(=O)Cc2c(C)n(C(=O)c3ccc(Cl)cc3)c3ccc(OC)cc23)cc(Br)c1N. The van der Waals surface area contributed by atoms with Crippen LogP contribution in [-0.4, -0.2) is 60.7 Å². The van der Waals surface area contributed by atoms with Crippen LogP contribution in [0.4, 0.5) is 5.69 Å². The Morgan fingerprint density at radius 1 is 0.896 bits per heavy atom. The number of aromatic nitrogens is 1. The Kier molecular flexibility index (Phi) is 13.5. The fourth-order valence-electron chi connectivity index (χ4n) is 5.59. The van der Waals surface area contributed by atoms with Crippen LogP contribution in [0.2, 0.25) is 5.02 Å². The maximum Gasteiger partial charge on any atom is 0.338 e. The molecule has 0 amide bonds. The summed E-state index contributed by atoms with van der Waals surface area (Å²) >= 11 is 9.50. The highest BCUT2D eigenvalue weighted by Crippen LogP contribution is 2.31. The number of nitrogens with two attached hydrogens (primary N) is 1. The first kappa shape index (κ1) is 37.0. The molecule has 9 nitrogen and oxygen atoms in total. The normalized spacial score (nSPS) is 11.2. The fraction of sp³-hybridized carbons (Fsp3) is 0.378. The van der Waals surface area contributed by atoms with Gasteiger partial charge in [-0.2, -0.15) is 0 Å². The Bertz CT molecular complexity index is 1750. The molecule has 0 spiro atoms. The van der Waals surface area contributed by atoms with E-state index in [4.69, 9.17) is 31.5 Å². The van der Waals surface area contributed by atoms with Crippen molar-refractivity contribution in [1.29, 1.82) is 0 Å². The molecule has 4 aromatic rings. The molecule has 1 heterocycles. The van der Waals surface area contributed by atoms with Gasteiger partial charge >= 0.3 is 11.9 Å². The number of ether oxygens (including phenoxy) is 3. The zero-order valence-corrected chi connectivity index (χ0v) is 30.3. The zero-order valence-electron chi connectivity index (χ0n) is 27.9. The quantitative estimate of drug-likeness (QED) is 0.0699. The molecule has 48 heavy (non-hydrogen) atoms. The van der Waals surface area contributed by atoms with Crippen LogP contribution in [-0.2, 0) is 27.2 Å². The number of hydrogen-bond acceptors (Lipinski definition) is 8.